The van der Waals surface area contributed by atoms with Crippen LogP contribution < -0.4 is 0 Å². The first-order valence-corrected chi connectivity index (χ1v) is 6.97. The Hall–Kier alpha value is -1.55. The number of hydrogen-bond donors (Lipinski definition) is 0. The van der Waals surface area contributed by atoms with E-state index >= 15 is 0 Å². The summed E-state index contributed by atoms with van der Waals surface area (Å²) in [6.45, 7) is 4.96. The van der Waals surface area contributed by atoms with Crippen molar-refractivity contribution in [3.05, 3.63) is 18.0 Å². The Balaban J connectivity index is 2.02. The molecule has 0 unspecified atom stereocenters. The molecule has 1 aromatic rings. The van der Waals surface area contributed by atoms with Crippen LogP contribution >= 0.6 is 0 Å². The minimum Gasteiger partial charge on any atom is -0.298 e. The molecule has 1 aromatic heterocycles. The minimum atomic E-state index is -4.13. The van der Waals surface area contributed by atoms with E-state index in [9.17, 15) is 13.2 Å². The van der Waals surface area contributed by atoms with Crippen molar-refractivity contribution in [1.29, 1.82) is 5.26 Å². The first kappa shape index (κ1) is 15.8. The number of rotatable bonds is 5. The van der Waals surface area contributed by atoms with Gasteiger partial charge in [-0.3, -0.25) is 9.58 Å². The lowest BCUT2D eigenvalue weighted by Gasteiger charge is -2.49. The number of hydrogen-bond acceptors (Lipinski definition) is 3. The third-order valence-corrected chi connectivity index (χ3v) is 3.91. The van der Waals surface area contributed by atoms with Gasteiger partial charge in [0, 0.05) is 25.8 Å². The maximum atomic E-state index is 12.2. The van der Waals surface area contributed by atoms with Gasteiger partial charge in [0.15, 0.2) is 0 Å². The Morgan fingerprint density at radius 2 is 2.10 bits per heavy atom. The van der Waals surface area contributed by atoms with Gasteiger partial charge in [0.2, 0.25) is 0 Å². The third kappa shape index (κ3) is 3.56. The van der Waals surface area contributed by atoms with Gasteiger partial charge in [0.05, 0.1) is 25.1 Å². The molecule has 0 radical (unpaired) electrons. The van der Waals surface area contributed by atoms with Crippen LogP contribution in [0.25, 0.3) is 0 Å². The predicted octanol–water partition coefficient (Wildman–Crippen LogP) is 2.88. The average Bonchev–Trinajstić information content (AvgIpc) is 2.80. The lowest BCUT2D eigenvalue weighted by atomic mass is 9.86. The smallest absolute Gasteiger partial charge is 0.298 e. The maximum Gasteiger partial charge on any atom is 0.390 e. The number of nitriles is 1. The fraction of sp³-hybridized carbons (Fsp3) is 0.714. The number of alkyl halides is 3. The van der Waals surface area contributed by atoms with Gasteiger partial charge in [-0.15, -0.1) is 0 Å². The molecule has 1 saturated heterocycles. The van der Waals surface area contributed by atoms with Gasteiger partial charge in [0.25, 0.3) is 0 Å². The van der Waals surface area contributed by atoms with Crippen molar-refractivity contribution < 1.29 is 13.2 Å². The third-order valence-electron chi connectivity index (χ3n) is 3.91. The molecule has 2 heterocycles. The Morgan fingerprint density at radius 1 is 1.43 bits per heavy atom. The Morgan fingerprint density at radius 3 is 2.57 bits per heavy atom. The molecule has 7 heteroatoms. The van der Waals surface area contributed by atoms with Crippen molar-refractivity contribution in [3.63, 3.8) is 0 Å². The van der Waals surface area contributed by atoms with E-state index in [1.54, 1.807) is 15.8 Å². The molecule has 116 valence electrons. The zero-order chi connectivity index (χ0) is 15.7. The monoisotopic (exact) mass is 300 g/mol. The van der Waals surface area contributed by atoms with E-state index in [0.717, 1.165) is 5.56 Å². The largest absolute Gasteiger partial charge is 0.390 e. The van der Waals surface area contributed by atoms with Crippen molar-refractivity contribution in [2.75, 3.05) is 19.6 Å². The van der Waals surface area contributed by atoms with Gasteiger partial charge in [-0.25, -0.2) is 0 Å². The van der Waals surface area contributed by atoms with Crippen LogP contribution in [0, 0.1) is 11.3 Å². The van der Waals surface area contributed by atoms with Gasteiger partial charge in [-0.2, -0.15) is 23.5 Å². The van der Waals surface area contributed by atoms with E-state index in [4.69, 9.17) is 5.26 Å². The first-order valence-electron chi connectivity index (χ1n) is 6.97. The Bertz CT molecular complexity index is 521. The SMILES string of the molecule is CC(C)c1cnn(C2(CC#N)CN(CCC(F)(F)F)C2)c1. The predicted molar refractivity (Wildman–Crippen MR) is 71.6 cm³/mol. The van der Waals surface area contributed by atoms with Crippen molar-refractivity contribution in [2.24, 2.45) is 0 Å². The van der Waals surface area contributed by atoms with Crippen LogP contribution in [0.2, 0.25) is 0 Å². The number of likely N-dealkylation sites (tertiary alicyclic amines) is 1. The highest BCUT2D eigenvalue weighted by molar-refractivity contribution is 5.14. The topological polar surface area (TPSA) is 44.9 Å². The minimum absolute atomic E-state index is 0.0189. The van der Waals surface area contributed by atoms with Crippen molar-refractivity contribution in [3.8, 4) is 6.07 Å². The molecule has 0 N–H and O–H groups in total. The van der Waals surface area contributed by atoms with Crippen LogP contribution in [0.5, 0.6) is 0 Å². The molecule has 0 amide bonds. The van der Waals surface area contributed by atoms with Crippen LogP contribution in [0.15, 0.2) is 12.4 Å². The molecule has 0 aromatic carbocycles. The van der Waals surface area contributed by atoms with E-state index in [-0.39, 0.29) is 13.0 Å². The molecule has 21 heavy (non-hydrogen) atoms. The summed E-state index contributed by atoms with van der Waals surface area (Å²) in [5.74, 6) is 0.333. The summed E-state index contributed by atoms with van der Waals surface area (Å²) in [5, 5.41) is 13.3. The zero-order valence-electron chi connectivity index (χ0n) is 12.2. The second-order valence-corrected chi connectivity index (χ2v) is 6.01. The van der Waals surface area contributed by atoms with Crippen molar-refractivity contribution in [2.45, 2.75) is 44.3 Å². The summed E-state index contributed by atoms with van der Waals surface area (Å²) in [5.41, 5.74) is 0.592. The van der Waals surface area contributed by atoms with E-state index in [1.165, 1.54) is 0 Å². The second-order valence-electron chi connectivity index (χ2n) is 6.01. The summed E-state index contributed by atoms with van der Waals surface area (Å²) in [7, 11) is 0. The molecule has 4 nitrogen and oxygen atoms in total. The molecule has 0 atom stereocenters. The highest BCUT2D eigenvalue weighted by Gasteiger charge is 2.46. The molecule has 1 aliphatic rings. The van der Waals surface area contributed by atoms with E-state index in [0.29, 0.717) is 19.0 Å². The number of halogens is 3. The van der Waals surface area contributed by atoms with Crippen LogP contribution in [0.1, 0.15) is 38.2 Å². The molecule has 1 aliphatic heterocycles. The van der Waals surface area contributed by atoms with Gasteiger partial charge in [-0.05, 0) is 11.5 Å². The number of aromatic nitrogens is 2. The van der Waals surface area contributed by atoms with Crippen LogP contribution in [0.3, 0.4) is 0 Å². The molecule has 1 fully saturated rings. The van der Waals surface area contributed by atoms with Crippen molar-refractivity contribution >= 4 is 0 Å². The van der Waals surface area contributed by atoms with Crippen LogP contribution in [-0.2, 0) is 5.54 Å². The Kier molecular flexibility index (Phi) is 4.28. The zero-order valence-corrected chi connectivity index (χ0v) is 12.2. The molecular formula is C14H19F3N4. The van der Waals surface area contributed by atoms with Gasteiger partial charge in [0.1, 0.15) is 5.54 Å². The lowest BCUT2D eigenvalue weighted by molar-refractivity contribution is -0.144. The van der Waals surface area contributed by atoms with Crippen LogP contribution in [-0.4, -0.2) is 40.5 Å². The average molecular weight is 300 g/mol. The number of nitrogens with zero attached hydrogens (tertiary/aromatic N) is 4. The molecule has 0 bridgehead atoms. The summed E-state index contributed by atoms with van der Waals surface area (Å²) < 4.78 is 38.5. The van der Waals surface area contributed by atoms with Gasteiger partial charge in [-0.1, -0.05) is 13.8 Å². The van der Waals surface area contributed by atoms with E-state index in [1.807, 2.05) is 6.20 Å². The normalized spacial score (nSPS) is 18.5. The molecule has 0 spiro atoms. The fourth-order valence-electron chi connectivity index (χ4n) is 2.61. The second kappa shape index (κ2) is 5.68. The fourth-order valence-corrected chi connectivity index (χ4v) is 2.61. The highest BCUT2D eigenvalue weighted by atomic mass is 19.4. The lowest BCUT2D eigenvalue weighted by Crippen LogP contribution is -2.63. The van der Waals surface area contributed by atoms with Gasteiger partial charge >= 0.3 is 6.18 Å². The molecular weight excluding hydrogens is 281 g/mol. The molecule has 0 aliphatic carbocycles. The molecule has 0 saturated carbocycles. The highest BCUT2D eigenvalue weighted by Crippen LogP contribution is 2.34. The van der Waals surface area contributed by atoms with Gasteiger partial charge < -0.3 is 0 Å². The quantitative estimate of drug-likeness (QED) is 0.840. The summed E-state index contributed by atoms with van der Waals surface area (Å²) in [6, 6.07) is 2.13. The van der Waals surface area contributed by atoms with Crippen molar-refractivity contribution in [1.82, 2.24) is 14.7 Å². The Labute approximate surface area is 122 Å². The summed E-state index contributed by atoms with van der Waals surface area (Å²) >= 11 is 0. The van der Waals surface area contributed by atoms with E-state index < -0.39 is 18.1 Å². The summed E-state index contributed by atoms with van der Waals surface area (Å²) in [4.78, 5) is 1.72. The standard InChI is InChI=1S/C14H19F3N4/c1-11(2)12-7-19-21(8-12)13(3-5-18)9-20(10-13)6-4-14(15,16)17/h7-8,11H,3-4,6,9-10H2,1-2H3. The maximum absolute atomic E-state index is 12.2. The molecule has 2 rings (SSSR count). The first-order chi connectivity index (χ1) is 9.76. The summed E-state index contributed by atoms with van der Waals surface area (Å²) in [6.07, 6.45) is -1.02. The van der Waals surface area contributed by atoms with Crippen LogP contribution in [0.4, 0.5) is 13.2 Å². The van der Waals surface area contributed by atoms with E-state index in [2.05, 4.69) is 25.0 Å².